The van der Waals surface area contributed by atoms with E-state index in [4.69, 9.17) is 0 Å². The van der Waals surface area contributed by atoms with E-state index < -0.39 is 0 Å². The normalized spacial score (nSPS) is 20.6. The number of hydrogen-bond acceptors (Lipinski definition) is 6. The molecule has 0 aliphatic carbocycles. The number of hydrogen-bond donors (Lipinski definition) is 1. The van der Waals surface area contributed by atoms with Crippen LogP contribution in [0.2, 0.25) is 0 Å². The number of anilines is 1. The molecule has 2 aliphatic rings. The third-order valence-corrected chi connectivity index (χ3v) is 4.44. The Bertz CT molecular complexity index is 537. The van der Waals surface area contributed by atoms with Gasteiger partial charge >= 0.3 is 0 Å². The van der Waals surface area contributed by atoms with Gasteiger partial charge in [0.15, 0.2) is 5.82 Å². The summed E-state index contributed by atoms with van der Waals surface area (Å²) in [5, 5.41) is 21.1. The minimum Gasteiger partial charge on any atom is -0.351 e. The average molecular weight is 272 g/mol. The summed E-state index contributed by atoms with van der Waals surface area (Å²) in [6.07, 6.45) is 0. The smallest absolute Gasteiger partial charge is 0.169 e. The average Bonchev–Trinajstić information content (AvgIpc) is 2.41. The maximum atomic E-state index is 9.38. The molecule has 0 radical (unpaired) electrons. The molecule has 3 rings (SSSR count). The van der Waals surface area contributed by atoms with Crippen molar-refractivity contribution in [2.75, 3.05) is 44.2 Å². The lowest BCUT2D eigenvalue weighted by Gasteiger charge is -2.43. The van der Waals surface area contributed by atoms with E-state index in [1.807, 2.05) is 13.8 Å². The summed E-state index contributed by atoms with van der Waals surface area (Å²) in [6.45, 7) is 9.96. The van der Waals surface area contributed by atoms with Gasteiger partial charge in [0.05, 0.1) is 5.69 Å². The molecule has 0 aromatic carbocycles. The number of nitrogens with one attached hydrogen (secondary N) is 1. The van der Waals surface area contributed by atoms with E-state index in [-0.39, 0.29) is 0 Å². The summed E-state index contributed by atoms with van der Waals surface area (Å²) in [6, 6.07) is 2.98. The van der Waals surface area contributed by atoms with Crippen LogP contribution >= 0.6 is 0 Å². The van der Waals surface area contributed by atoms with E-state index >= 15 is 0 Å². The molecule has 106 valence electrons. The highest BCUT2D eigenvalue weighted by atomic mass is 15.3. The molecule has 20 heavy (non-hydrogen) atoms. The molecule has 6 heteroatoms. The lowest BCUT2D eigenvalue weighted by molar-refractivity contribution is 0.137. The monoisotopic (exact) mass is 272 g/mol. The van der Waals surface area contributed by atoms with Gasteiger partial charge in [0, 0.05) is 45.3 Å². The van der Waals surface area contributed by atoms with Gasteiger partial charge in [0.1, 0.15) is 11.6 Å². The fraction of sp³-hybridized carbons (Fsp3) is 0.643. The predicted molar refractivity (Wildman–Crippen MR) is 76.7 cm³/mol. The fourth-order valence-electron chi connectivity index (χ4n) is 2.78. The largest absolute Gasteiger partial charge is 0.351 e. The van der Waals surface area contributed by atoms with Crippen LogP contribution in [0.3, 0.4) is 0 Å². The predicted octanol–water partition coefficient (Wildman–Crippen LogP) is 0.0589. The molecule has 0 unspecified atom stereocenters. The van der Waals surface area contributed by atoms with Gasteiger partial charge in [-0.2, -0.15) is 10.4 Å². The number of aryl methyl sites for hydroxylation is 1. The van der Waals surface area contributed by atoms with Crippen LogP contribution in [0, 0.1) is 25.2 Å². The summed E-state index contributed by atoms with van der Waals surface area (Å²) in [7, 11) is 0. The molecule has 1 aromatic heterocycles. The van der Waals surface area contributed by atoms with Gasteiger partial charge in [0.2, 0.25) is 0 Å². The zero-order valence-corrected chi connectivity index (χ0v) is 12.1. The number of rotatable bonds is 2. The first-order valence-electron chi connectivity index (χ1n) is 7.14. The van der Waals surface area contributed by atoms with Crippen molar-refractivity contribution in [3.05, 3.63) is 16.8 Å². The van der Waals surface area contributed by atoms with Gasteiger partial charge in [-0.3, -0.25) is 4.90 Å². The number of nitrogens with zero attached hydrogens (tertiary/aromatic N) is 5. The molecule has 3 heterocycles. The van der Waals surface area contributed by atoms with Crippen LogP contribution in [0.4, 0.5) is 5.82 Å². The van der Waals surface area contributed by atoms with Crippen molar-refractivity contribution in [3.63, 3.8) is 0 Å². The van der Waals surface area contributed by atoms with Gasteiger partial charge < -0.3 is 10.2 Å². The molecular formula is C14H20N6. The Morgan fingerprint density at radius 1 is 1.15 bits per heavy atom. The van der Waals surface area contributed by atoms with E-state index in [2.05, 4.69) is 31.4 Å². The van der Waals surface area contributed by atoms with E-state index in [0.29, 0.717) is 11.6 Å². The Labute approximate surface area is 119 Å². The second-order valence-corrected chi connectivity index (χ2v) is 5.56. The van der Waals surface area contributed by atoms with Gasteiger partial charge in [-0.15, -0.1) is 5.10 Å². The molecule has 2 saturated heterocycles. The second kappa shape index (κ2) is 5.35. The van der Waals surface area contributed by atoms with Crippen LogP contribution in [-0.4, -0.2) is 60.4 Å². The van der Waals surface area contributed by atoms with Gasteiger partial charge in [-0.25, -0.2) is 0 Å². The van der Waals surface area contributed by atoms with Crippen molar-refractivity contribution >= 4 is 5.82 Å². The van der Waals surface area contributed by atoms with Crippen molar-refractivity contribution < 1.29 is 0 Å². The minimum atomic E-state index is 0.677. The third-order valence-electron chi connectivity index (χ3n) is 4.44. The van der Waals surface area contributed by atoms with Crippen LogP contribution in [0.15, 0.2) is 0 Å². The quantitative estimate of drug-likeness (QED) is 0.821. The van der Waals surface area contributed by atoms with Crippen LogP contribution in [0.5, 0.6) is 0 Å². The molecule has 2 aliphatic heterocycles. The molecule has 0 atom stereocenters. The second-order valence-electron chi connectivity index (χ2n) is 5.56. The van der Waals surface area contributed by atoms with Crippen LogP contribution in [-0.2, 0) is 0 Å². The summed E-state index contributed by atoms with van der Waals surface area (Å²) in [4.78, 5) is 4.72. The molecule has 1 aromatic rings. The summed E-state index contributed by atoms with van der Waals surface area (Å²) >= 11 is 0. The zero-order chi connectivity index (χ0) is 14.1. The Hall–Kier alpha value is -1.71. The fourth-order valence-corrected chi connectivity index (χ4v) is 2.78. The Kier molecular flexibility index (Phi) is 3.55. The van der Waals surface area contributed by atoms with Crippen LogP contribution in [0.25, 0.3) is 0 Å². The van der Waals surface area contributed by atoms with Gasteiger partial charge in [0.25, 0.3) is 0 Å². The molecule has 0 saturated carbocycles. The first-order chi connectivity index (χ1) is 9.70. The lowest BCUT2D eigenvalue weighted by Crippen LogP contribution is -2.61. The van der Waals surface area contributed by atoms with Gasteiger partial charge in [-0.1, -0.05) is 0 Å². The van der Waals surface area contributed by atoms with Crippen molar-refractivity contribution in [1.29, 1.82) is 5.26 Å². The van der Waals surface area contributed by atoms with E-state index in [9.17, 15) is 5.26 Å². The van der Waals surface area contributed by atoms with Crippen molar-refractivity contribution in [3.8, 4) is 6.07 Å². The van der Waals surface area contributed by atoms with Crippen molar-refractivity contribution in [2.45, 2.75) is 19.9 Å². The van der Waals surface area contributed by atoms with E-state index in [1.165, 1.54) is 0 Å². The highest BCUT2D eigenvalue weighted by Crippen LogP contribution is 2.23. The summed E-state index contributed by atoms with van der Waals surface area (Å²) < 4.78 is 0. The maximum Gasteiger partial charge on any atom is 0.169 e. The van der Waals surface area contributed by atoms with E-state index in [1.54, 1.807) is 0 Å². The van der Waals surface area contributed by atoms with Crippen molar-refractivity contribution in [2.24, 2.45) is 0 Å². The minimum absolute atomic E-state index is 0.677. The Morgan fingerprint density at radius 2 is 1.85 bits per heavy atom. The number of nitriles is 1. The lowest BCUT2D eigenvalue weighted by atomic mass is 10.1. The highest BCUT2D eigenvalue weighted by molar-refractivity contribution is 5.57. The zero-order valence-electron chi connectivity index (χ0n) is 12.1. The maximum absolute atomic E-state index is 9.38. The highest BCUT2D eigenvalue weighted by Gasteiger charge is 2.29. The SMILES string of the molecule is Cc1nnc(N2CCN(C3CNC3)CC2)c(C#N)c1C. The van der Waals surface area contributed by atoms with Crippen molar-refractivity contribution in [1.82, 2.24) is 20.4 Å². The number of piperazine rings is 1. The molecule has 1 N–H and O–H groups in total. The summed E-state index contributed by atoms with van der Waals surface area (Å²) in [5.41, 5.74) is 2.46. The Morgan fingerprint density at radius 3 is 2.40 bits per heavy atom. The standard InChI is InChI=1S/C14H20N6/c1-10-11(2)17-18-14(13(10)7-15)20-5-3-19(4-6-20)12-8-16-9-12/h12,16H,3-6,8-9H2,1-2H3. The first-order valence-corrected chi connectivity index (χ1v) is 7.14. The topological polar surface area (TPSA) is 68.1 Å². The summed E-state index contributed by atoms with van der Waals surface area (Å²) in [5.74, 6) is 0.752. The third kappa shape index (κ3) is 2.23. The van der Waals surface area contributed by atoms with E-state index in [0.717, 1.165) is 56.3 Å². The van der Waals surface area contributed by atoms with Gasteiger partial charge in [-0.05, 0) is 19.4 Å². The molecule has 0 amide bonds. The molecule has 0 spiro atoms. The molecular weight excluding hydrogens is 252 g/mol. The van der Waals surface area contributed by atoms with Crippen LogP contribution < -0.4 is 10.2 Å². The molecule has 0 bridgehead atoms. The number of aromatic nitrogens is 2. The molecule has 6 nitrogen and oxygen atoms in total. The first kappa shape index (κ1) is 13.3. The molecule has 2 fully saturated rings. The Balaban J connectivity index is 1.75. The van der Waals surface area contributed by atoms with Crippen LogP contribution in [0.1, 0.15) is 16.8 Å².